The molecule has 0 unspecified atom stereocenters. The van der Waals surface area contributed by atoms with Crippen LogP contribution in [0.3, 0.4) is 0 Å². The summed E-state index contributed by atoms with van der Waals surface area (Å²) in [7, 11) is 0. The van der Waals surface area contributed by atoms with Crippen molar-refractivity contribution in [3.63, 3.8) is 0 Å². The fraction of sp³-hybridized carbons (Fsp3) is 0.700. The van der Waals surface area contributed by atoms with E-state index in [0.717, 1.165) is 43.3 Å². The first kappa shape index (κ1) is 24.5. The third-order valence-electron chi connectivity index (χ3n) is 11.8. The smallest absolute Gasteiger partial charge is 0.313 e. The lowest BCUT2D eigenvalue weighted by Gasteiger charge is -2.67. The van der Waals surface area contributed by atoms with Crippen LogP contribution in [-0.4, -0.2) is 27.7 Å². The normalized spacial score (nSPS) is 48.4. The zero-order chi connectivity index (χ0) is 26.0. The molecule has 2 N–H and O–H groups in total. The van der Waals surface area contributed by atoms with Crippen LogP contribution in [-0.2, 0) is 14.4 Å². The molecule has 0 aromatic heterocycles. The Bertz CT molecular complexity index is 1160. The van der Waals surface area contributed by atoms with Crippen molar-refractivity contribution in [3.05, 3.63) is 35.1 Å². The highest BCUT2D eigenvalue weighted by Gasteiger charge is 2.69. The zero-order valence-corrected chi connectivity index (χ0v) is 22.2. The number of hydrogen-bond donors (Lipinski definition) is 2. The molecule has 0 aromatic carbocycles. The first-order chi connectivity index (χ1) is 16.0. The van der Waals surface area contributed by atoms with Gasteiger partial charge in [-0.2, -0.15) is 0 Å². The Morgan fingerprint density at radius 3 is 2.14 bits per heavy atom. The van der Waals surface area contributed by atoms with E-state index in [1.165, 1.54) is 0 Å². The number of hydrogen-bond acceptors (Lipinski definition) is 4. The van der Waals surface area contributed by atoms with Gasteiger partial charge in [-0.1, -0.05) is 47.6 Å². The van der Waals surface area contributed by atoms with Crippen LogP contribution in [0.5, 0.6) is 0 Å². The second-order valence-corrected chi connectivity index (χ2v) is 14.0. The second-order valence-electron chi connectivity index (χ2n) is 14.0. The van der Waals surface area contributed by atoms with Crippen molar-refractivity contribution < 1.29 is 24.6 Å². The third-order valence-corrected chi connectivity index (χ3v) is 11.8. The van der Waals surface area contributed by atoms with Crippen LogP contribution < -0.4 is 0 Å². The molecule has 0 saturated heterocycles. The van der Waals surface area contributed by atoms with Gasteiger partial charge < -0.3 is 10.2 Å². The predicted octanol–water partition coefficient (Wildman–Crippen LogP) is 6.20. The minimum absolute atomic E-state index is 0.0305. The van der Waals surface area contributed by atoms with Crippen molar-refractivity contribution in [2.75, 3.05) is 0 Å². The monoisotopic (exact) mass is 480 g/mol. The Hall–Kier alpha value is -2.17. The fourth-order valence-electron chi connectivity index (χ4n) is 9.25. The van der Waals surface area contributed by atoms with E-state index in [9.17, 15) is 24.6 Å². The highest BCUT2D eigenvalue weighted by Crippen LogP contribution is 2.73. The Morgan fingerprint density at radius 1 is 0.886 bits per heavy atom. The summed E-state index contributed by atoms with van der Waals surface area (Å²) in [5.41, 5.74) is -0.997. The average Bonchev–Trinajstić information content (AvgIpc) is 2.74. The summed E-state index contributed by atoms with van der Waals surface area (Å²) in [6, 6.07) is 0. The minimum atomic E-state index is -0.930. The quantitative estimate of drug-likeness (QED) is 0.466. The maximum absolute atomic E-state index is 14.1. The number of Topliss-reactive ketones (excluding diaryl/α,β-unsaturated/α-hetero) is 1. The number of fused-ring (bicyclic) bond motifs is 7. The van der Waals surface area contributed by atoms with Crippen molar-refractivity contribution >= 4 is 17.5 Å². The van der Waals surface area contributed by atoms with Gasteiger partial charge >= 0.3 is 5.97 Å². The molecular weight excluding hydrogens is 440 g/mol. The standard InChI is InChI=1S/C30H40O5/c1-25(2)21-8-9-30(7)22(28(21,5)16-20(32)23(25)33)19(31)14-17-18-15-27(4,24(34)35)11-10-26(18,3)12-13-29(17,30)6/h14-16,21-22,32H,8-13H2,1-7H3,(H,34,35)/t21-,22+,26+,27-,28-,29+,30+/m0/s1. The number of carboxylic acid groups (broad SMARTS) is 1. The van der Waals surface area contributed by atoms with Gasteiger partial charge in [0.1, 0.15) is 0 Å². The van der Waals surface area contributed by atoms with Crippen LogP contribution in [0.25, 0.3) is 0 Å². The predicted molar refractivity (Wildman–Crippen MR) is 134 cm³/mol. The van der Waals surface area contributed by atoms with Gasteiger partial charge in [0.05, 0.1) is 5.41 Å². The molecule has 5 rings (SSSR count). The molecule has 5 nitrogen and oxygen atoms in total. The van der Waals surface area contributed by atoms with E-state index in [-0.39, 0.29) is 45.4 Å². The van der Waals surface area contributed by atoms with E-state index >= 15 is 0 Å². The van der Waals surface area contributed by atoms with Crippen LogP contribution in [0, 0.1) is 44.3 Å². The van der Waals surface area contributed by atoms with Crippen LogP contribution in [0.1, 0.15) is 87.0 Å². The molecule has 190 valence electrons. The van der Waals surface area contributed by atoms with Crippen LogP contribution in [0.2, 0.25) is 0 Å². The SMILES string of the molecule is CC1(C)C(=O)C(O)=C[C@]2(C)[C@H]3C(=O)C=C4C5=C[C@@](C)(C(=O)O)CC[C@]5(C)CC[C@@]4(C)[C@]3(C)CC[C@@H]12. The summed E-state index contributed by atoms with van der Waals surface area (Å²) >= 11 is 0. The maximum Gasteiger partial charge on any atom is 0.313 e. The number of allylic oxidation sites excluding steroid dienone is 5. The molecule has 0 radical (unpaired) electrons. The second kappa shape index (κ2) is 6.77. The molecule has 5 aliphatic rings. The molecule has 2 fully saturated rings. The van der Waals surface area contributed by atoms with Gasteiger partial charge in [0.25, 0.3) is 0 Å². The van der Waals surface area contributed by atoms with Gasteiger partial charge in [-0.3, -0.25) is 14.4 Å². The third kappa shape index (κ3) is 2.79. The highest BCUT2D eigenvalue weighted by molar-refractivity contribution is 6.01. The maximum atomic E-state index is 14.1. The largest absolute Gasteiger partial charge is 0.505 e. The number of aliphatic carboxylic acids is 1. The number of aliphatic hydroxyl groups is 1. The molecule has 0 spiro atoms. The van der Waals surface area contributed by atoms with Crippen molar-refractivity contribution in [1.82, 2.24) is 0 Å². The van der Waals surface area contributed by atoms with E-state index in [2.05, 4.69) is 27.7 Å². The fourth-order valence-corrected chi connectivity index (χ4v) is 9.25. The summed E-state index contributed by atoms with van der Waals surface area (Å²) in [6.45, 7) is 14.4. The van der Waals surface area contributed by atoms with Crippen LogP contribution in [0.15, 0.2) is 35.1 Å². The Kier molecular flexibility index (Phi) is 4.75. The van der Waals surface area contributed by atoms with Gasteiger partial charge in [-0.15, -0.1) is 0 Å². The van der Waals surface area contributed by atoms with Gasteiger partial charge in [0.15, 0.2) is 11.5 Å². The molecule has 35 heavy (non-hydrogen) atoms. The number of carbonyl (C=O) groups excluding carboxylic acids is 2. The van der Waals surface area contributed by atoms with E-state index in [0.29, 0.717) is 6.42 Å². The van der Waals surface area contributed by atoms with Gasteiger partial charge in [-0.05, 0) is 90.9 Å². The highest BCUT2D eigenvalue weighted by atomic mass is 16.4. The summed E-state index contributed by atoms with van der Waals surface area (Å²) < 4.78 is 0. The molecule has 0 amide bonds. The topological polar surface area (TPSA) is 91.7 Å². The molecule has 0 heterocycles. The lowest BCUT2D eigenvalue weighted by molar-refractivity contribution is -0.166. The Labute approximate surface area is 208 Å². The summed E-state index contributed by atoms with van der Waals surface area (Å²) in [5.74, 6) is -1.59. The Balaban J connectivity index is 1.72. The summed E-state index contributed by atoms with van der Waals surface area (Å²) in [6.07, 6.45) is 10.4. The summed E-state index contributed by atoms with van der Waals surface area (Å²) in [4.78, 5) is 39.2. The van der Waals surface area contributed by atoms with Crippen molar-refractivity contribution in [1.29, 1.82) is 0 Å². The van der Waals surface area contributed by atoms with Crippen molar-refractivity contribution in [2.45, 2.75) is 87.0 Å². The van der Waals surface area contributed by atoms with Gasteiger partial charge in [0, 0.05) is 16.7 Å². The van der Waals surface area contributed by atoms with E-state index < -0.39 is 22.2 Å². The van der Waals surface area contributed by atoms with Crippen LogP contribution >= 0.6 is 0 Å². The molecule has 0 bridgehead atoms. The number of aliphatic hydroxyl groups excluding tert-OH is 1. The summed E-state index contributed by atoms with van der Waals surface area (Å²) in [5, 5.41) is 20.7. The number of ketones is 2. The first-order valence-electron chi connectivity index (χ1n) is 13.2. The van der Waals surface area contributed by atoms with Gasteiger partial charge in [0.2, 0.25) is 5.78 Å². The molecule has 5 aliphatic carbocycles. The molecule has 7 atom stereocenters. The number of rotatable bonds is 1. The number of carbonyl (C=O) groups is 3. The average molecular weight is 481 g/mol. The Morgan fingerprint density at radius 2 is 1.51 bits per heavy atom. The minimum Gasteiger partial charge on any atom is -0.505 e. The van der Waals surface area contributed by atoms with Crippen LogP contribution in [0.4, 0.5) is 0 Å². The van der Waals surface area contributed by atoms with E-state index in [1.807, 2.05) is 26.0 Å². The number of carboxylic acids is 1. The van der Waals surface area contributed by atoms with E-state index in [4.69, 9.17) is 0 Å². The van der Waals surface area contributed by atoms with Gasteiger partial charge in [-0.25, -0.2) is 0 Å². The zero-order valence-electron chi connectivity index (χ0n) is 22.2. The van der Waals surface area contributed by atoms with E-state index in [1.54, 1.807) is 13.0 Å². The molecular formula is C30H40O5. The lowest BCUT2D eigenvalue weighted by Crippen LogP contribution is -2.64. The molecule has 5 heteroatoms. The van der Waals surface area contributed by atoms with Crippen molar-refractivity contribution in [2.24, 2.45) is 44.3 Å². The lowest BCUT2D eigenvalue weighted by atomic mass is 9.35. The molecule has 2 saturated carbocycles. The first-order valence-corrected chi connectivity index (χ1v) is 13.2. The van der Waals surface area contributed by atoms with Crippen molar-refractivity contribution in [3.8, 4) is 0 Å². The molecule has 0 aliphatic heterocycles. The molecule has 0 aromatic rings.